The molecule has 6 nitrogen and oxygen atoms in total. The molecule has 0 saturated carbocycles. The molecule has 61 heavy (non-hydrogen) atoms. The van der Waals surface area contributed by atoms with Gasteiger partial charge in [0.25, 0.3) is 0 Å². The first-order chi connectivity index (χ1) is 30.0. The second-order valence-corrected chi connectivity index (χ2v) is 18.5. The van der Waals surface area contributed by atoms with Crippen LogP contribution in [-0.2, 0) is 28.6 Å². The molecule has 6 heteroatoms. The van der Waals surface area contributed by atoms with Crippen molar-refractivity contribution in [1.29, 1.82) is 0 Å². The third-order valence-corrected chi connectivity index (χ3v) is 12.3. The molecular weight excluding hydrogens is 757 g/mol. The van der Waals surface area contributed by atoms with Crippen LogP contribution in [0.15, 0.2) is 12.2 Å². The van der Waals surface area contributed by atoms with Gasteiger partial charge in [-0.05, 0) is 44.9 Å². The zero-order valence-corrected chi connectivity index (χ0v) is 41.2. The molecule has 0 aliphatic rings. The van der Waals surface area contributed by atoms with Crippen molar-refractivity contribution in [1.82, 2.24) is 0 Å². The van der Waals surface area contributed by atoms with Crippen LogP contribution in [0.3, 0.4) is 0 Å². The summed E-state index contributed by atoms with van der Waals surface area (Å²) in [6.45, 7) is 6.66. The molecule has 0 fully saturated rings. The number of esters is 3. The second kappa shape index (κ2) is 50.8. The Morgan fingerprint density at radius 2 is 0.541 bits per heavy atom. The molecule has 0 heterocycles. The predicted molar refractivity (Wildman–Crippen MR) is 261 cm³/mol. The van der Waals surface area contributed by atoms with Gasteiger partial charge in [0.1, 0.15) is 13.2 Å². The van der Waals surface area contributed by atoms with E-state index in [1.54, 1.807) is 0 Å². The monoisotopic (exact) mass is 861 g/mol. The van der Waals surface area contributed by atoms with Crippen molar-refractivity contribution in [2.75, 3.05) is 13.2 Å². The molecule has 0 rings (SSSR count). The summed E-state index contributed by atoms with van der Waals surface area (Å²) >= 11 is 0. The van der Waals surface area contributed by atoms with Crippen LogP contribution in [0.25, 0.3) is 0 Å². The van der Waals surface area contributed by atoms with Gasteiger partial charge in [-0.15, -0.1) is 0 Å². The third-order valence-electron chi connectivity index (χ3n) is 12.3. The van der Waals surface area contributed by atoms with E-state index in [9.17, 15) is 14.4 Å². The lowest BCUT2D eigenvalue weighted by Crippen LogP contribution is -2.30. The van der Waals surface area contributed by atoms with Gasteiger partial charge in [-0.3, -0.25) is 14.4 Å². The topological polar surface area (TPSA) is 78.9 Å². The molecular formula is C55H104O6. The van der Waals surface area contributed by atoms with Crippen LogP contribution in [0.2, 0.25) is 0 Å². The van der Waals surface area contributed by atoms with E-state index in [0.29, 0.717) is 19.3 Å². The van der Waals surface area contributed by atoms with E-state index >= 15 is 0 Å². The Kier molecular flexibility index (Phi) is 49.3. The number of unbranched alkanes of at least 4 members (excludes halogenated alkanes) is 37. The van der Waals surface area contributed by atoms with Crippen molar-refractivity contribution >= 4 is 17.9 Å². The summed E-state index contributed by atoms with van der Waals surface area (Å²) in [7, 11) is 0. The summed E-state index contributed by atoms with van der Waals surface area (Å²) in [6.07, 6.45) is 56.3. The Balaban J connectivity index is 4.29. The van der Waals surface area contributed by atoms with Crippen molar-refractivity contribution in [2.24, 2.45) is 0 Å². The molecule has 0 saturated heterocycles. The normalized spacial score (nSPS) is 12.0. The van der Waals surface area contributed by atoms with Crippen molar-refractivity contribution in [3.05, 3.63) is 12.2 Å². The van der Waals surface area contributed by atoms with E-state index in [0.717, 1.165) is 64.2 Å². The minimum Gasteiger partial charge on any atom is -0.462 e. The van der Waals surface area contributed by atoms with Crippen molar-refractivity contribution < 1.29 is 28.6 Å². The molecule has 0 spiro atoms. The maximum atomic E-state index is 12.8. The van der Waals surface area contributed by atoms with Gasteiger partial charge in [0.15, 0.2) is 6.10 Å². The number of rotatable bonds is 50. The number of carbonyl (C=O) groups excluding carboxylic acids is 3. The minimum atomic E-state index is -0.767. The first-order valence-corrected chi connectivity index (χ1v) is 27.2. The number of ether oxygens (including phenoxy) is 3. The lowest BCUT2D eigenvalue weighted by Gasteiger charge is -2.18. The molecule has 360 valence electrons. The van der Waals surface area contributed by atoms with Gasteiger partial charge in [-0.2, -0.15) is 0 Å². The second-order valence-electron chi connectivity index (χ2n) is 18.5. The smallest absolute Gasteiger partial charge is 0.306 e. The Morgan fingerprint density at radius 1 is 0.311 bits per heavy atom. The molecule has 0 aliphatic carbocycles. The molecule has 0 aromatic carbocycles. The molecule has 0 amide bonds. The molecule has 0 N–H and O–H groups in total. The zero-order valence-electron chi connectivity index (χ0n) is 41.2. The first kappa shape index (κ1) is 59.1. The maximum Gasteiger partial charge on any atom is 0.306 e. The minimum absolute atomic E-state index is 0.0679. The van der Waals surface area contributed by atoms with Gasteiger partial charge in [0, 0.05) is 19.3 Å². The molecule has 1 atom stereocenters. The summed E-state index contributed by atoms with van der Waals surface area (Å²) in [5, 5.41) is 0. The van der Waals surface area contributed by atoms with Crippen molar-refractivity contribution in [3.63, 3.8) is 0 Å². The van der Waals surface area contributed by atoms with Crippen LogP contribution in [0, 0.1) is 0 Å². The molecule has 1 unspecified atom stereocenters. The molecule has 0 bridgehead atoms. The van der Waals surface area contributed by atoms with Crippen molar-refractivity contribution in [3.8, 4) is 0 Å². The molecule has 0 aromatic heterocycles. The zero-order chi connectivity index (χ0) is 44.4. The fraction of sp³-hybridized carbons (Fsp3) is 0.909. The lowest BCUT2D eigenvalue weighted by atomic mass is 10.0. The van der Waals surface area contributed by atoms with Crippen LogP contribution >= 0.6 is 0 Å². The highest BCUT2D eigenvalue weighted by molar-refractivity contribution is 5.71. The number of hydrogen-bond donors (Lipinski definition) is 0. The molecule has 0 aromatic rings. The van der Waals surface area contributed by atoms with Crippen LogP contribution in [0.4, 0.5) is 0 Å². The Labute approximate surface area is 380 Å². The summed E-state index contributed by atoms with van der Waals surface area (Å²) in [5.74, 6) is -0.859. The average molecular weight is 861 g/mol. The van der Waals surface area contributed by atoms with Gasteiger partial charge < -0.3 is 14.2 Å². The van der Waals surface area contributed by atoms with E-state index in [1.165, 1.54) is 199 Å². The molecule has 0 radical (unpaired) electrons. The third kappa shape index (κ3) is 49.0. The highest BCUT2D eigenvalue weighted by atomic mass is 16.6. The van der Waals surface area contributed by atoms with Crippen LogP contribution in [0.5, 0.6) is 0 Å². The highest BCUT2D eigenvalue weighted by Crippen LogP contribution is 2.16. The standard InChI is InChI=1S/C55H104O6/c1-4-7-10-13-16-19-22-24-26-28-30-31-33-36-39-42-45-48-54(57)60-51-52(50-59-53(56)47-44-41-38-35-21-18-15-12-9-6-3)61-55(58)49-46-43-40-37-34-32-29-27-25-23-20-17-14-11-8-5-2/h27,29,52H,4-26,28,30-51H2,1-3H3/b29-27-. The van der Waals surface area contributed by atoms with Crippen LogP contribution in [0.1, 0.15) is 303 Å². The van der Waals surface area contributed by atoms with E-state index in [-0.39, 0.29) is 31.1 Å². The Bertz CT molecular complexity index is 947. The number of hydrogen-bond acceptors (Lipinski definition) is 6. The lowest BCUT2D eigenvalue weighted by molar-refractivity contribution is -0.167. The summed E-state index contributed by atoms with van der Waals surface area (Å²) in [4.78, 5) is 38.0. The van der Waals surface area contributed by atoms with Crippen LogP contribution < -0.4 is 0 Å². The fourth-order valence-electron chi connectivity index (χ4n) is 8.14. The van der Waals surface area contributed by atoms with Crippen LogP contribution in [-0.4, -0.2) is 37.2 Å². The quantitative estimate of drug-likeness (QED) is 0.0262. The van der Waals surface area contributed by atoms with Crippen molar-refractivity contribution in [2.45, 2.75) is 309 Å². The highest BCUT2D eigenvalue weighted by Gasteiger charge is 2.19. The number of carbonyl (C=O) groups is 3. The SMILES string of the molecule is CCCCCCCCC/C=C\CCCCCCCC(=O)OC(COC(=O)CCCCCCCCCCCC)COC(=O)CCCCCCCCCCCCCCCCCCC. The fourth-order valence-corrected chi connectivity index (χ4v) is 8.14. The maximum absolute atomic E-state index is 12.8. The summed E-state index contributed by atoms with van der Waals surface area (Å²) in [6, 6.07) is 0. The molecule has 0 aliphatic heterocycles. The predicted octanol–water partition coefficient (Wildman–Crippen LogP) is 17.8. The average Bonchev–Trinajstić information content (AvgIpc) is 3.26. The van der Waals surface area contributed by atoms with Gasteiger partial charge in [0.2, 0.25) is 0 Å². The van der Waals surface area contributed by atoms with E-state index < -0.39 is 6.10 Å². The Morgan fingerprint density at radius 3 is 0.820 bits per heavy atom. The van der Waals surface area contributed by atoms with Gasteiger partial charge in [-0.1, -0.05) is 251 Å². The van der Waals surface area contributed by atoms with E-state index in [2.05, 4.69) is 32.9 Å². The van der Waals surface area contributed by atoms with Gasteiger partial charge in [-0.25, -0.2) is 0 Å². The van der Waals surface area contributed by atoms with Gasteiger partial charge in [0.05, 0.1) is 0 Å². The summed E-state index contributed by atoms with van der Waals surface area (Å²) < 4.78 is 16.8. The first-order valence-electron chi connectivity index (χ1n) is 27.2. The van der Waals surface area contributed by atoms with E-state index in [4.69, 9.17) is 14.2 Å². The largest absolute Gasteiger partial charge is 0.462 e. The van der Waals surface area contributed by atoms with E-state index in [1.807, 2.05) is 0 Å². The number of allylic oxidation sites excluding steroid dienone is 2. The Hall–Kier alpha value is -1.85. The van der Waals surface area contributed by atoms with Gasteiger partial charge >= 0.3 is 17.9 Å². The summed E-state index contributed by atoms with van der Waals surface area (Å²) in [5.41, 5.74) is 0.